The number of carboxylic acids is 1. The van der Waals surface area contributed by atoms with Crippen molar-refractivity contribution in [1.29, 1.82) is 0 Å². The van der Waals surface area contributed by atoms with Gasteiger partial charge in [-0.05, 0) is 49.4 Å². The Kier molecular flexibility index (Phi) is 4.91. The van der Waals surface area contributed by atoms with Crippen LogP contribution in [0.2, 0.25) is 0 Å². The van der Waals surface area contributed by atoms with Crippen LogP contribution in [0.1, 0.15) is 41.6 Å². The number of carbonyl (C=O) groups is 1. The second-order valence-electron chi connectivity index (χ2n) is 6.12. The highest BCUT2D eigenvalue weighted by Crippen LogP contribution is 2.30. The Morgan fingerprint density at radius 3 is 2.88 bits per heavy atom. The van der Waals surface area contributed by atoms with Gasteiger partial charge in [0, 0.05) is 19.6 Å². The van der Waals surface area contributed by atoms with Gasteiger partial charge >= 0.3 is 5.97 Å². The predicted molar refractivity (Wildman–Crippen MR) is 92.0 cm³/mol. The van der Waals surface area contributed by atoms with E-state index in [1.165, 1.54) is 21.3 Å². The van der Waals surface area contributed by atoms with E-state index in [0.717, 1.165) is 18.4 Å². The number of benzene rings is 1. The van der Waals surface area contributed by atoms with Crippen LogP contribution in [0.3, 0.4) is 0 Å². The molecule has 1 saturated heterocycles. The molecule has 1 fully saturated rings. The molecule has 1 N–H and O–H groups in total. The summed E-state index contributed by atoms with van der Waals surface area (Å²) in [5, 5.41) is 13.4. The zero-order valence-corrected chi connectivity index (χ0v) is 14.8. The molecule has 3 rings (SSSR count). The maximum atomic E-state index is 13.0. The Labute approximate surface area is 146 Å². The smallest absolute Gasteiger partial charge is 0.335 e. The Morgan fingerprint density at radius 2 is 2.16 bits per heavy atom. The van der Waals surface area contributed by atoms with Crippen molar-refractivity contribution in [1.82, 2.24) is 14.1 Å². The molecule has 1 atom stereocenters. The van der Waals surface area contributed by atoms with Crippen LogP contribution in [0.25, 0.3) is 0 Å². The first-order chi connectivity index (χ1) is 11.9. The standard InChI is InChI=1S/C17H21N3O4S/c1-2-20-16(8-9-18-20)25(23,24)19-10-4-7-15(12-19)13-5-3-6-14(11-13)17(21)22/h3,5-6,8-9,11,15H,2,4,7,10,12H2,1H3,(H,21,22)/t15-/m0/s1. The van der Waals surface area contributed by atoms with Crippen LogP contribution < -0.4 is 0 Å². The molecule has 0 radical (unpaired) electrons. The van der Waals surface area contributed by atoms with E-state index in [9.17, 15) is 13.2 Å². The van der Waals surface area contributed by atoms with Crippen molar-refractivity contribution in [3.8, 4) is 0 Å². The van der Waals surface area contributed by atoms with Crippen molar-refractivity contribution in [3.63, 3.8) is 0 Å². The van der Waals surface area contributed by atoms with E-state index >= 15 is 0 Å². The molecule has 0 spiro atoms. The summed E-state index contributed by atoms with van der Waals surface area (Å²) in [6.45, 7) is 3.15. The lowest BCUT2D eigenvalue weighted by molar-refractivity contribution is 0.0696. The largest absolute Gasteiger partial charge is 0.478 e. The van der Waals surface area contributed by atoms with E-state index in [1.54, 1.807) is 18.2 Å². The highest BCUT2D eigenvalue weighted by molar-refractivity contribution is 7.89. The quantitative estimate of drug-likeness (QED) is 0.879. The fourth-order valence-electron chi connectivity index (χ4n) is 3.27. The van der Waals surface area contributed by atoms with Crippen LogP contribution in [0.5, 0.6) is 0 Å². The van der Waals surface area contributed by atoms with Gasteiger partial charge in [-0.2, -0.15) is 9.40 Å². The van der Waals surface area contributed by atoms with Gasteiger partial charge in [-0.25, -0.2) is 13.2 Å². The number of rotatable bonds is 5. The van der Waals surface area contributed by atoms with Crippen LogP contribution in [0.15, 0.2) is 41.6 Å². The molecular weight excluding hydrogens is 342 g/mol. The molecule has 25 heavy (non-hydrogen) atoms. The van der Waals surface area contributed by atoms with Crippen molar-refractivity contribution >= 4 is 16.0 Å². The monoisotopic (exact) mass is 363 g/mol. The van der Waals surface area contributed by atoms with Crippen molar-refractivity contribution in [2.24, 2.45) is 0 Å². The zero-order chi connectivity index (χ0) is 18.0. The van der Waals surface area contributed by atoms with Gasteiger partial charge in [0.15, 0.2) is 5.03 Å². The number of aromatic nitrogens is 2. The molecule has 2 heterocycles. The Bertz CT molecular complexity index is 876. The zero-order valence-electron chi connectivity index (χ0n) is 14.0. The third kappa shape index (κ3) is 3.45. The summed E-state index contributed by atoms with van der Waals surface area (Å²) < 4.78 is 28.9. The lowest BCUT2D eigenvalue weighted by Crippen LogP contribution is -2.39. The minimum absolute atomic E-state index is 0.0131. The first-order valence-electron chi connectivity index (χ1n) is 8.28. The van der Waals surface area contributed by atoms with Crippen LogP contribution in [0, 0.1) is 0 Å². The minimum atomic E-state index is -3.61. The number of aryl methyl sites for hydroxylation is 1. The predicted octanol–water partition coefficient (Wildman–Crippen LogP) is 2.17. The molecule has 1 aromatic heterocycles. The Morgan fingerprint density at radius 1 is 1.36 bits per heavy atom. The molecule has 0 aliphatic carbocycles. The highest BCUT2D eigenvalue weighted by atomic mass is 32.2. The second kappa shape index (κ2) is 6.97. The van der Waals surface area contributed by atoms with E-state index in [-0.39, 0.29) is 16.5 Å². The molecule has 134 valence electrons. The minimum Gasteiger partial charge on any atom is -0.478 e. The van der Waals surface area contributed by atoms with Gasteiger partial charge in [0.2, 0.25) is 0 Å². The summed E-state index contributed by atoms with van der Waals surface area (Å²) in [5.41, 5.74) is 1.09. The average Bonchev–Trinajstić information content (AvgIpc) is 3.11. The second-order valence-corrected chi connectivity index (χ2v) is 8.00. The topological polar surface area (TPSA) is 92.5 Å². The van der Waals surface area contributed by atoms with Crippen molar-refractivity contribution in [3.05, 3.63) is 47.7 Å². The van der Waals surface area contributed by atoms with Crippen molar-refractivity contribution < 1.29 is 18.3 Å². The number of piperidine rings is 1. The molecule has 0 amide bonds. The molecule has 1 aliphatic heterocycles. The molecular formula is C17H21N3O4S. The molecule has 1 aromatic carbocycles. The summed E-state index contributed by atoms with van der Waals surface area (Å²) in [7, 11) is -3.61. The lowest BCUT2D eigenvalue weighted by Gasteiger charge is -2.32. The number of nitrogens with zero attached hydrogens (tertiary/aromatic N) is 3. The molecule has 2 aromatic rings. The fraction of sp³-hybridized carbons (Fsp3) is 0.412. The van der Waals surface area contributed by atoms with Crippen LogP contribution >= 0.6 is 0 Å². The van der Waals surface area contributed by atoms with E-state index in [1.807, 2.05) is 13.0 Å². The van der Waals surface area contributed by atoms with Crippen molar-refractivity contribution in [2.75, 3.05) is 13.1 Å². The van der Waals surface area contributed by atoms with Crippen LogP contribution in [-0.2, 0) is 16.6 Å². The Hall–Kier alpha value is -2.19. The molecule has 0 bridgehead atoms. The number of sulfonamides is 1. The maximum absolute atomic E-state index is 13.0. The fourth-order valence-corrected chi connectivity index (χ4v) is 4.95. The van der Waals surface area contributed by atoms with Gasteiger partial charge in [0.1, 0.15) is 0 Å². The first-order valence-corrected chi connectivity index (χ1v) is 9.72. The van der Waals surface area contributed by atoms with Crippen molar-refractivity contribution in [2.45, 2.75) is 37.3 Å². The SMILES string of the molecule is CCn1nccc1S(=O)(=O)N1CCC[C@H](c2cccc(C(=O)O)c2)C1. The average molecular weight is 363 g/mol. The third-order valence-electron chi connectivity index (χ3n) is 4.57. The molecule has 0 saturated carbocycles. The number of hydrogen-bond donors (Lipinski definition) is 1. The molecule has 8 heteroatoms. The number of hydrogen-bond acceptors (Lipinski definition) is 4. The van der Waals surface area contributed by atoms with Gasteiger partial charge in [-0.15, -0.1) is 0 Å². The summed E-state index contributed by atoms with van der Waals surface area (Å²) in [4.78, 5) is 11.2. The third-order valence-corrected chi connectivity index (χ3v) is 6.46. The summed E-state index contributed by atoms with van der Waals surface area (Å²) in [6.07, 6.45) is 3.07. The van der Waals surface area contributed by atoms with Gasteiger partial charge < -0.3 is 5.11 Å². The number of aromatic carboxylic acids is 1. The Balaban J connectivity index is 1.86. The van der Waals surface area contributed by atoms with Gasteiger partial charge in [0.25, 0.3) is 10.0 Å². The molecule has 1 aliphatic rings. The molecule has 0 unspecified atom stereocenters. The van der Waals surface area contributed by atoms with E-state index < -0.39 is 16.0 Å². The molecule has 7 nitrogen and oxygen atoms in total. The maximum Gasteiger partial charge on any atom is 0.335 e. The van der Waals surface area contributed by atoms with Crippen LogP contribution in [-0.4, -0.2) is 46.7 Å². The van der Waals surface area contributed by atoms with E-state index in [2.05, 4.69) is 5.10 Å². The summed E-state index contributed by atoms with van der Waals surface area (Å²) in [5.74, 6) is -0.991. The summed E-state index contributed by atoms with van der Waals surface area (Å²) in [6, 6.07) is 8.28. The highest BCUT2D eigenvalue weighted by Gasteiger charge is 2.33. The van der Waals surface area contributed by atoms with Crippen LogP contribution in [0.4, 0.5) is 0 Å². The summed E-state index contributed by atoms with van der Waals surface area (Å²) >= 11 is 0. The lowest BCUT2D eigenvalue weighted by atomic mass is 9.91. The van der Waals surface area contributed by atoms with Gasteiger partial charge in [-0.1, -0.05) is 12.1 Å². The van der Waals surface area contributed by atoms with E-state index in [0.29, 0.717) is 19.6 Å². The van der Waals surface area contributed by atoms with Gasteiger partial charge in [0.05, 0.1) is 11.8 Å². The normalized spacial score (nSPS) is 19.0. The number of carboxylic acid groups (broad SMARTS) is 1. The van der Waals surface area contributed by atoms with Gasteiger partial charge in [-0.3, -0.25) is 4.68 Å². The van der Waals surface area contributed by atoms with E-state index in [4.69, 9.17) is 5.11 Å². The first kappa shape index (κ1) is 17.6.